The van der Waals surface area contributed by atoms with E-state index in [1.807, 2.05) is 0 Å². The Morgan fingerprint density at radius 1 is 1.20 bits per heavy atom. The van der Waals surface area contributed by atoms with Crippen LogP contribution in [0, 0.1) is 0 Å². The van der Waals surface area contributed by atoms with E-state index < -0.39 is 0 Å². The number of Topliss-reactive ketones (excluding diaryl/α,β-unsaturated/α-hetero) is 1. The molecule has 0 atom stereocenters. The number of ketones is 1. The molecule has 15 heavy (non-hydrogen) atoms. The van der Waals surface area contributed by atoms with E-state index in [9.17, 15) is 9.59 Å². The third-order valence-electron chi connectivity index (χ3n) is 1.84. The van der Waals surface area contributed by atoms with Crippen molar-refractivity contribution in [1.82, 2.24) is 5.32 Å². The molecule has 0 radical (unpaired) electrons. The predicted molar refractivity (Wildman–Crippen MR) is 58.7 cm³/mol. The molecule has 1 amide bonds. The quantitative estimate of drug-likeness (QED) is 0.466. The number of carbonyl (C=O) groups is 2. The SMILES string of the molecule is CCCCOCCCNC(=O)CC(C)=O. The van der Waals surface area contributed by atoms with Crippen molar-refractivity contribution >= 4 is 11.7 Å². The largest absolute Gasteiger partial charge is 0.381 e. The van der Waals surface area contributed by atoms with E-state index in [4.69, 9.17) is 4.74 Å². The van der Waals surface area contributed by atoms with Crippen LogP contribution in [0.25, 0.3) is 0 Å². The van der Waals surface area contributed by atoms with Crippen molar-refractivity contribution in [1.29, 1.82) is 0 Å². The van der Waals surface area contributed by atoms with Gasteiger partial charge in [-0.05, 0) is 19.8 Å². The number of rotatable bonds is 9. The first-order valence-electron chi connectivity index (χ1n) is 5.50. The summed E-state index contributed by atoms with van der Waals surface area (Å²) in [7, 11) is 0. The Labute approximate surface area is 91.4 Å². The molecule has 0 spiro atoms. The third kappa shape index (κ3) is 11.0. The highest BCUT2D eigenvalue weighted by Gasteiger charge is 2.02. The molecule has 1 N–H and O–H groups in total. The summed E-state index contributed by atoms with van der Waals surface area (Å²) in [6.07, 6.45) is 3.00. The molecule has 88 valence electrons. The Kier molecular flexibility index (Phi) is 9.07. The summed E-state index contributed by atoms with van der Waals surface area (Å²) < 4.78 is 5.32. The normalized spacial score (nSPS) is 10.0. The lowest BCUT2D eigenvalue weighted by Gasteiger charge is -2.04. The molecule has 0 unspecified atom stereocenters. The Morgan fingerprint density at radius 3 is 2.47 bits per heavy atom. The average Bonchev–Trinajstić information content (AvgIpc) is 2.15. The molecule has 4 heteroatoms. The van der Waals surface area contributed by atoms with Gasteiger partial charge in [-0.25, -0.2) is 0 Å². The number of unbranched alkanes of at least 4 members (excludes halogenated alkanes) is 1. The summed E-state index contributed by atoms with van der Waals surface area (Å²) in [4.78, 5) is 21.6. The molecular weight excluding hydrogens is 194 g/mol. The molecule has 0 aromatic heterocycles. The first kappa shape index (κ1) is 14.1. The second-order valence-electron chi connectivity index (χ2n) is 3.55. The van der Waals surface area contributed by atoms with Gasteiger partial charge in [0.15, 0.2) is 0 Å². The highest BCUT2D eigenvalue weighted by atomic mass is 16.5. The zero-order valence-corrected chi connectivity index (χ0v) is 9.67. The molecule has 0 heterocycles. The zero-order chi connectivity index (χ0) is 11.5. The van der Waals surface area contributed by atoms with Crippen molar-refractivity contribution in [3.8, 4) is 0 Å². The fraction of sp³-hybridized carbons (Fsp3) is 0.818. The van der Waals surface area contributed by atoms with Gasteiger partial charge in [0.2, 0.25) is 5.91 Å². The van der Waals surface area contributed by atoms with Crippen molar-refractivity contribution in [2.75, 3.05) is 19.8 Å². The lowest BCUT2D eigenvalue weighted by atomic mass is 10.3. The van der Waals surface area contributed by atoms with Gasteiger partial charge in [-0.15, -0.1) is 0 Å². The molecule has 0 aromatic carbocycles. The van der Waals surface area contributed by atoms with Gasteiger partial charge in [0.05, 0.1) is 6.42 Å². The Hall–Kier alpha value is -0.900. The van der Waals surface area contributed by atoms with E-state index in [2.05, 4.69) is 12.2 Å². The highest BCUT2D eigenvalue weighted by molar-refractivity contribution is 5.96. The van der Waals surface area contributed by atoms with Crippen molar-refractivity contribution in [3.05, 3.63) is 0 Å². The number of hydrogen-bond acceptors (Lipinski definition) is 3. The Morgan fingerprint density at radius 2 is 1.87 bits per heavy atom. The number of nitrogens with one attached hydrogen (secondary N) is 1. The van der Waals surface area contributed by atoms with Crippen molar-refractivity contribution in [2.24, 2.45) is 0 Å². The minimum absolute atomic E-state index is 0.0172. The minimum Gasteiger partial charge on any atom is -0.381 e. The van der Waals surface area contributed by atoms with Crippen LogP contribution in [0.15, 0.2) is 0 Å². The minimum atomic E-state index is -0.198. The van der Waals surface area contributed by atoms with Gasteiger partial charge in [-0.2, -0.15) is 0 Å². The fourth-order valence-electron chi connectivity index (χ4n) is 1.04. The maximum absolute atomic E-state index is 11.0. The lowest BCUT2D eigenvalue weighted by molar-refractivity contribution is -0.127. The van der Waals surface area contributed by atoms with Crippen LogP contribution in [-0.4, -0.2) is 31.4 Å². The summed E-state index contributed by atoms with van der Waals surface area (Å²) in [5, 5.41) is 2.67. The summed E-state index contributed by atoms with van der Waals surface area (Å²) in [5.41, 5.74) is 0. The van der Waals surface area contributed by atoms with E-state index >= 15 is 0 Å². The standard InChI is InChI=1S/C11H21NO3/c1-3-4-7-15-8-5-6-12-11(14)9-10(2)13/h3-9H2,1-2H3,(H,12,14). The molecule has 0 aliphatic rings. The molecule has 0 saturated heterocycles. The molecule has 0 aromatic rings. The molecule has 0 fully saturated rings. The summed E-state index contributed by atoms with van der Waals surface area (Å²) >= 11 is 0. The number of carbonyl (C=O) groups excluding carboxylic acids is 2. The monoisotopic (exact) mass is 215 g/mol. The Balaban J connectivity index is 3.16. The van der Waals surface area contributed by atoms with E-state index in [-0.39, 0.29) is 18.1 Å². The topological polar surface area (TPSA) is 55.4 Å². The average molecular weight is 215 g/mol. The van der Waals surface area contributed by atoms with Crippen LogP contribution >= 0.6 is 0 Å². The van der Waals surface area contributed by atoms with Crippen molar-refractivity contribution in [2.45, 2.75) is 39.5 Å². The van der Waals surface area contributed by atoms with Gasteiger partial charge in [0.25, 0.3) is 0 Å². The first-order valence-corrected chi connectivity index (χ1v) is 5.50. The maximum Gasteiger partial charge on any atom is 0.227 e. The van der Waals surface area contributed by atoms with Crippen molar-refractivity contribution in [3.63, 3.8) is 0 Å². The highest BCUT2D eigenvalue weighted by Crippen LogP contribution is 1.89. The van der Waals surface area contributed by atoms with Gasteiger partial charge in [0.1, 0.15) is 5.78 Å². The lowest BCUT2D eigenvalue weighted by Crippen LogP contribution is -2.26. The number of ether oxygens (including phenoxy) is 1. The number of hydrogen-bond donors (Lipinski definition) is 1. The number of amides is 1. The van der Waals surface area contributed by atoms with Crippen LogP contribution in [0.4, 0.5) is 0 Å². The second kappa shape index (κ2) is 9.65. The van der Waals surface area contributed by atoms with E-state index in [0.717, 1.165) is 25.9 Å². The van der Waals surface area contributed by atoms with Crippen molar-refractivity contribution < 1.29 is 14.3 Å². The van der Waals surface area contributed by atoms with Gasteiger partial charge >= 0.3 is 0 Å². The fourth-order valence-corrected chi connectivity index (χ4v) is 1.04. The van der Waals surface area contributed by atoms with Crippen LogP contribution in [0.5, 0.6) is 0 Å². The molecule has 0 rings (SSSR count). The van der Waals surface area contributed by atoms with E-state index in [1.165, 1.54) is 6.92 Å². The van der Waals surface area contributed by atoms with E-state index in [0.29, 0.717) is 13.2 Å². The first-order chi connectivity index (χ1) is 7.16. The molecule has 0 saturated carbocycles. The molecule has 4 nitrogen and oxygen atoms in total. The smallest absolute Gasteiger partial charge is 0.227 e. The summed E-state index contributed by atoms with van der Waals surface area (Å²) in [6.45, 7) is 5.56. The molecule has 0 bridgehead atoms. The van der Waals surface area contributed by atoms with Crippen LogP contribution in [0.2, 0.25) is 0 Å². The maximum atomic E-state index is 11.0. The van der Waals surface area contributed by atoms with Gasteiger partial charge in [-0.3, -0.25) is 9.59 Å². The summed E-state index contributed by atoms with van der Waals surface area (Å²) in [5.74, 6) is -0.303. The van der Waals surface area contributed by atoms with E-state index in [1.54, 1.807) is 0 Å². The van der Waals surface area contributed by atoms with Gasteiger partial charge < -0.3 is 10.1 Å². The van der Waals surface area contributed by atoms with Gasteiger partial charge in [0, 0.05) is 19.8 Å². The van der Waals surface area contributed by atoms with Crippen LogP contribution in [0.1, 0.15) is 39.5 Å². The second-order valence-corrected chi connectivity index (χ2v) is 3.55. The zero-order valence-electron chi connectivity index (χ0n) is 9.67. The van der Waals surface area contributed by atoms with Crippen LogP contribution < -0.4 is 5.32 Å². The molecule has 0 aliphatic carbocycles. The molecule has 0 aliphatic heterocycles. The Bertz CT molecular complexity index is 192. The third-order valence-corrected chi connectivity index (χ3v) is 1.84. The van der Waals surface area contributed by atoms with Gasteiger partial charge in [-0.1, -0.05) is 13.3 Å². The predicted octanol–water partition coefficient (Wildman–Crippen LogP) is 1.29. The van der Waals surface area contributed by atoms with Crippen LogP contribution in [-0.2, 0) is 14.3 Å². The summed E-state index contributed by atoms with van der Waals surface area (Å²) in [6, 6.07) is 0. The van der Waals surface area contributed by atoms with Crippen LogP contribution in [0.3, 0.4) is 0 Å². The molecular formula is C11H21NO3.